The van der Waals surface area contributed by atoms with Gasteiger partial charge in [-0.2, -0.15) is 0 Å². The number of aryl methyl sites for hydroxylation is 1. The maximum Gasteiger partial charge on any atom is 0.319 e. The minimum Gasteiger partial charge on any atom is -0.375 e. The molecule has 0 fully saturated rings. The van der Waals surface area contributed by atoms with Gasteiger partial charge in [-0.15, -0.1) is 11.3 Å². The zero-order chi connectivity index (χ0) is 21.3. The van der Waals surface area contributed by atoms with Crippen LogP contribution in [-0.4, -0.2) is 37.2 Å². The van der Waals surface area contributed by atoms with Crippen molar-refractivity contribution in [2.24, 2.45) is 0 Å². The van der Waals surface area contributed by atoms with Gasteiger partial charge in [-0.05, 0) is 31.2 Å². The fourth-order valence-corrected chi connectivity index (χ4v) is 3.56. The molecule has 0 aliphatic carbocycles. The molecule has 1 aromatic heterocycles. The molecule has 7 nitrogen and oxygen atoms in total. The van der Waals surface area contributed by atoms with Gasteiger partial charge in [0.1, 0.15) is 11.6 Å². The van der Waals surface area contributed by atoms with E-state index in [-0.39, 0.29) is 18.5 Å². The second-order valence-corrected chi connectivity index (χ2v) is 7.56. The van der Waals surface area contributed by atoms with Crippen LogP contribution in [0, 0.1) is 6.92 Å². The summed E-state index contributed by atoms with van der Waals surface area (Å²) in [5.41, 5.74) is 4.54. The number of thiazole rings is 1. The summed E-state index contributed by atoms with van der Waals surface area (Å²) < 4.78 is 4.77. The molecule has 30 heavy (non-hydrogen) atoms. The summed E-state index contributed by atoms with van der Waals surface area (Å²) in [4.78, 5) is 28.2. The predicted molar refractivity (Wildman–Crippen MR) is 120 cm³/mol. The number of nitrogens with zero attached hydrogens (tertiary/aromatic N) is 1. The van der Waals surface area contributed by atoms with E-state index in [4.69, 9.17) is 4.74 Å². The lowest BCUT2D eigenvalue weighted by atomic mass is 10.2. The van der Waals surface area contributed by atoms with Gasteiger partial charge in [0, 0.05) is 42.4 Å². The lowest BCUT2D eigenvalue weighted by molar-refractivity contribution is -0.119. The van der Waals surface area contributed by atoms with Crippen LogP contribution in [0.5, 0.6) is 0 Å². The van der Waals surface area contributed by atoms with Crippen molar-refractivity contribution < 1.29 is 14.3 Å². The maximum absolute atomic E-state index is 12.1. The van der Waals surface area contributed by atoms with Crippen molar-refractivity contribution in [1.82, 2.24) is 10.3 Å². The Morgan fingerprint density at radius 2 is 1.67 bits per heavy atom. The van der Waals surface area contributed by atoms with Crippen molar-refractivity contribution in [1.29, 1.82) is 0 Å². The van der Waals surface area contributed by atoms with Crippen LogP contribution < -0.4 is 16.0 Å². The third-order valence-electron chi connectivity index (χ3n) is 4.22. The van der Waals surface area contributed by atoms with Gasteiger partial charge in [0.25, 0.3) is 0 Å². The molecule has 0 spiro atoms. The molecular formula is C22H24N4O3S. The molecule has 0 saturated heterocycles. The minimum atomic E-state index is -0.292. The van der Waals surface area contributed by atoms with E-state index >= 15 is 0 Å². The Kier molecular flexibility index (Phi) is 7.53. The first-order valence-electron chi connectivity index (χ1n) is 9.48. The molecule has 3 rings (SSSR count). The SMILES string of the molecule is COCC(=O)Nc1ccc(NC(=O)NCCc2csc(-c3ccc(C)cc3)n2)cc1. The van der Waals surface area contributed by atoms with Gasteiger partial charge in [0.05, 0.1) is 5.69 Å². The van der Waals surface area contributed by atoms with Crippen LogP contribution in [0.1, 0.15) is 11.3 Å². The highest BCUT2D eigenvalue weighted by atomic mass is 32.1. The van der Waals surface area contributed by atoms with Crippen LogP contribution in [0.25, 0.3) is 10.6 Å². The van der Waals surface area contributed by atoms with Crippen LogP contribution in [0.4, 0.5) is 16.2 Å². The Balaban J connectivity index is 1.43. The molecule has 3 aromatic rings. The average Bonchev–Trinajstić information content (AvgIpc) is 3.19. The summed E-state index contributed by atoms with van der Waals surface area (Å²) in [5, 5.41) is 11.3. The molecule has 3 amide bonds. The van der Waals surface area contributed by atoms with Gasteiger partial charge in [0.15, 0.2) is 0 Å². The van der Waals surface area contributed by atoms with Crippen molar-refractivity contribution >= 4 is 34.6 Å². The van der Waals surface area contributed by atoms with E-state index in [0.717, 1.165) is 16.3 Å². The zero-order valence-electron chi connectivity index (χ0n) is 16.9. The van der Waals surface area contributed by atoms with E-state index in [1.807, 2.05) is 5.38 Å². The molecule has 0 aliphatic rings. The van der Waals surface area contributed by atoms with E-state index in [2.05, 4.69) is 52.1 Å². The highest BCUT2D eigenvalue weighted by Crippen LogP contribution is 2.24. The number of urea groups is 1. The summed E-state index contributed by atoms with van der Waals surface area (Å²) in [6.07, 6.45) is 0.653. The highest BCUT2D eigenvalue weighted by Gasteiger charge is 2.07. The van der Waals surface area contributed by atoms with Gasteiger partial charge in [-0.1, -0.05) is 29.8 Å². The Morgan fingerprint density at radius 1 is 1.00 bits per heavy atom. The number of ether oxygens (including phenoxy) is 1. The largest absolute Gasteiger partial charge is 0.375 e. The number of hydrogen-bond acceptors (Lipinski definition) is 5. The number of benzene rings is 2. The summed E-state index contributed by atoms with van der Waals surface area (Å²) in [6.45, 7) is 2.53. The second-order valence-electron chi connectivity index (χ2n) is 6.70. The van der Waals surface area contributed by atoms with Crippen molar-refractivity contribution in [3.8, 4) is 10.6 Å². The van der Waals surface area contributed by atoms with Crippen LogP contribution in [0.2, 0.25) is 0 Å². The molecule has 0 saturated carbocycles. The summed E-state index contributed by atoms with van der Waals surface area (Å²) >= 11 is 1.60. The molecular weight excluding hydrogens is 400 g/mol. The van der Waals surface area contributed by atoms with Crippen molar-refractivity contribution in [2.75, 3.05) is 30.9 Å². The third-order valence-corrected chi connectivity index (χ3v) is 5.16. The first kappa shape index (κ1) is 21.5. The second kappa shape index (κ2) is 10.5. The molecule has 1 heterocycles. The Hall–Kier alpha value is -3.23. The number of methoxy groups -OCH3 is 1. The lowest BCUT2D eigenvalue weighted by Gasteiger charge is -2.08. The minimum absolute atomic E-state index is 0.00604. The number of amides is 3. The number of carbonyl (C=O) groups excluding carboxylic acids is 2. The number of aromatic nitrogens is 1. The summed E-state index contributed by atoms with van der Waals surface area (Å²) in [5.74, 6) is -0.233. The molecule has 0 unspecified atom stereocenters. The van der Waals surface area contributed by atoms with Gasteiger partial charge < -0.3 is 20.7 Å². The van der Waals surface area contributed by atoms with Crippen molar-refractivity contribution in [3.63, 3.8) is 0 Å². The van der Waals surface area contributed by atoms with E-state index in [0.29, 0.717) is 24.3 Å². The summed E-state index contributed by atoms with van der Waals surface area (Å²) in [7, 11) is 1.46. The maximum atomic E-state index is 12.1. The predicted octanol–water partition coefficient (Wildman–Crippen LogP) is 4.07. The van der Waals surface area contributed by atoms with E-state index < -0.39 is 0 Å². The topological polar surface area (TPSA) is 92.4 Å². The Morgan fingerprint density at radius 3 is 2.33 bits per heavy atom. The van der Waals surface area contributed by atoms with Gasteiger partial charge >= 0.3 is 6.03 Å². The Labute approximate surface area is 179 Å². The number of nitrogens with one attached hydrogen (secondary N) is 3. The molecule has 2 aromatic carbocycles. The van der Waals surface area contributed by atoms with Crippen LogP contribution in [0.15, 0.2) is 53.9 Å². The first-order valence-corrected chi connectivity index (χ1v) is 10.4. The molecule has 0 radical (unpaired) electrons. The smallest absolute Gasteiger partial charge is 0.319 e. The Bertz CT molecular complexity index is 984. The van der Waals surface area contributed by atoms with Crippen molar-refractivity contribution in [2.45, 2.75) is 13.3 Å². The number of anilines is 2. The molecule has 8 heteroatoms. The fraction of sp³-hybridized carbons (Fsp3) is 0.227. The van der Waals surface area contributed by atoms with E-state index in [9.17, 15) is 9.59 Å². The highest BCUT2D eigenvalue weighted by molar-refractivity contribution is 7.13. The number of rotatable bonds is 8. The first-order chi connectivity index (χ1) is 14.5. The monoisotopic (exact) mass is 424 g/mol. The molecule has 156 valence electrons. The van der Waals surface area contributed by atoms with Gasteiger partial charge in [0.2, 0.25) is 5.91 Å². The molecule has 0 bridgehead atoms. The number of carbonyl (C=O) groups is 2. The standard InChI is InChI=1S/C22H24N4O3S/c1-15-3-5-16(6-4-15)21-25-19(14-30-21)11-12-23-22(28)26-18-9-7-17(8-10-18)24-20(27)13-29-2/h3-10,14H,11-13H2,1-2H3,(H,24,27)(H2,23,26,28). The average molecular weight is 425 g/mol. The van der Waals surface area contributed by atoms with E-state index in [1.165, 1.54) is 12.7 Å². The third kappa shape index (κ3) is 6.40. The van der Waals surface area contributed by atoms with Gasteiger partial charge in [-0.3, -0.25) is 4.79 Å². The lowest BCUT2D eigenvalue weighted by Crippen LogP contribution is -2.30. The quantitative estimate of drug-likeness (QED) is 0.508. The molecule has 0 aliphatic heterocycles. The fourth-order valence-electron chi connectivity index (χ4n) is 2.69. The number of hydrogen-bond donors (Lipinski definition) is 3. The van der Waals surface area contributed by atoms with E-state index in [1.54, 1.807) is 35.6 Å². The molecule has 3 N–H and O–H groups in total. The summed E-state index contributed by atoms with van der Waals surface area (Å²) in [6, 6.07) is 14.9. The van der Waals surface area contributed by atoms with Crippen LogP contribution >= 0.6 is 11.3 Å². The molecule has 0 atom stereocenters. The van der Waals surface area contributed by atoms with Gasteiger partial charge in [-0.25, -0.2) is 9.78 Å². The van der Waals surface area contributed by atoms with Crippen LogP contribution in [0.3, 0.4) is 0 Å². The van der Waals surface area contributed by atoms with Crippen LogP contribution in [-0.2, 0) is 16.0 Å². The normalized spacial score (nSPS) is 10.5. The zero-order valence-corrected chi connectivity index (χ0v) is 17.7. The van der Waals surface area contributed by atoms with Crippen molar-refractivity contribution in [3.05, 3.63) is 65.2 Å².